The minimum absolute atomic E-state index is 0.177. The molecule has 1 N–H and O–H groups in total. The maximum Gasteiger partial charge on any atom is 0.332 e. The Balaban J connectivity index is 1.88. The molecule has 0 radical (unpaired) electrons. The van der Waals surface area contributed by atoms with Crippen LogP contribution in [0.1, 0.15) is 22.0 Å². The van der Waals surface area contributed by atoms with Crippen molar-refractivity contribution in [2.45, 2.75) is 6.04 Å². The molecular formula is C20H22FN5O3. The first-order chi connectivity index (χ1) is 13.7. The highest BCUT2D eigenvalue weighted by Gasteiger charge is 2.18. The lowest BCUT2D eigenvalue weighted by molar-refractivity contribution is 0.0941. The number of aromatic nitrogens is 3. The number of amides is 1. The second-order valence-electron chi connectivity index (χ2n) is 7.05. The Morgan fingerprint density at radius 1 is 1.21 bits per heavy atom. The van der Waals surface area contributed by atoms with E-state index in [9.17, 15) is 18.8 Å². The number of fused-ring (bicyclic) bond motifs is 1. The SMILES string of the molecule is CN(C)C(CNC(=O)c1cnc2c(c1)c(=O)n(C)c(=O)n2C)c1cccc(F)c1. The summed E-state index contributed by atoms with van der Waals surface area (Å²) in [5.74, 6) is -0.764. The van der Waals surface area contributed by atoms with Gasteiger partial charge < -0.3 is 10.2 Å². The van der Waals surface area contributed by atoms with E-state index in [-0.39, 0.29) is 35.0 Å². The molecule has 0 spiro atoms. The standard InChI is InChI=1S/C20H22FN5O3/c1-24(2)16(12-6-5-7-14(21)8-12)11-23-18(27)13-9-15-17(22-10-13)25(3)20(29)26(4)19(15)28/h5-10,16H,11H2,1-4H3,(H,23,27). The minimum atomic E-state index is -0.517. The molecule has 3 rings (SSSR count). The predicted molar refractivity (Wildman–Crippen MR) is 107 cm³/mol. The van der Waals surface area contributed by atoms with Crippen LogP contribution in [0.25, 0.3) is 11.0 Å². The zero-order valence-electron chi connectivity index (χ0n) is 16.6. The summed E-state index contributed by atoms with van der Waals surface area (Å²) in [4.78, 5) is 43.0. The molecule has 0 fully saturated rings. The van der Waals surface area contributed by atoms with Gasteiger partial charge in [-0.05, 0) is 37.9 Å². The Bertz CT molecular complexity index is 1200. The molecule has 2 heterocycles. The smallest absolute Gasteiger partial charge is 0.332 e. The number of carbonyl (C=O) groups is 1. The zero-order valence-corrected chi connectivity index (χ0v) is 16.6. The van der Waals surface area contributed by atoms with Crippen molar-refractivity contribution in [3.63, 3.8) is 0 Å². The highest BCUT2D eigenvalue weighted by molar-refractivity contribution is 5.96. The van der Waals surface area contributed by atoms with Crippen molar-refractivity contribution in [1.82, 2.24) is 24.3 Å². The zero-order chi connectivity index (χ0) is 21.3. The van der Waals surface area contributed by atoms with E-state index >= 15 is 0 Å². The number of hydrogen-bond donors (Lipinski definition) is 1. The first-order valence-electron chi connectivity index (χ1n) is 8.96. The number of carbonyl (C=O) groups excluding carboxylic acids is 1. The number of halogens is 1. The average Bonchev–Trinajstić information content (AvgIpc) is 2.70. The van der Waals surface area contributed by atoms with Gasteiger partial charge in [0, 0.05) is 26.8 Å². The van der Waals surface area contributed by atoms with Crippen molar-refractivity contribution in [3.05, 3.63) is 74.3 Å². The third-order valence-corrected chi connectivity index (χ3v) is 4.87. The number of likely N-dealkylation sites (N-methyl/N-ethyl adjacent to an activating group) is 1. The van der Waals surface area contributed by atoms with Gasteiger partial charge in [-0.25, -0.2) is 14.2 Å². The van der Waals surface area contributed by atoms with Gasteiger partial charge in [-0.1, -0.05) is 12.1 Å². The molecule has 1 atom stereocenters. The summed E-state index contributed by atoms with van der Waals surface area (Å²) in [6.45, 7) is 0.235. The van der Waals surface area contributed by atoms with E-state index in [2.05, 4.69) is 10.3 Å². The first-order valence-corrected chi connectivity index (χ1v) is 8.96. The van der Waals surface area contributed by atoms with E-state index in [4.69, 9.17) is 0 Å². The van der Waals surface area contributed by atoms with Crippen LogP contribution < -0.4 is 16.6 Å². The van der Waals surface area contributed by atoms with Crippen LogP contribution in [0.5, 0.6) is 0 Å². The highest BCUT2D eigenvalue weighted by atomic mass is 19.1. The largest absolute Gasteiger partial charge is 0.350 e. The van der Waals surface area contributed by atoms with Gasteiger partial charge in [-0.2, -0.15) is 0 Å². The van der Waals surface area contributed by atoms with Gasteiger partial charge in [0.05, 0.1) is 17.0 Å². The number of nitrogens with one attached hydrogen (secondary N) is 1. The van der Waals surface area contributed by atoms with Gasteiger partial charge in [-0.3, -0.25) is 18.7 Å². The van der Waals surface area contributed by atoms with Crippen LogP contribution >= 0.6 is 0 Å². The summed E-state index contributed by atoms with van der Waals surface area (Å²) in [6.07, 6.45) is 1.32. The summed E-state index contributed by atoms with van der Waals surface area (Å²) in [6, 6.07) is 7.39. The number of aryl methyl sites for hydroxylation is 1. The van der Waals surface area contributed by atoms with Crippen LogP contribution in [-0.2, 0) is 14.1 Å². The molecule has 1 amide bonds. The van der Waals surface area contributed by atoms with Crippen molar-refractivity contribution >= 4 is 16.9 Å². The van der Waals surface area contributed by atoms with E-state index in [1.54, 1.807) is 12.1 Å². The fraction of sp³-hybridized carbons (Fsp3) is 0.300. The number of hydrogen-bond acceptors (Lipinski definition) is 5. The summed E-state index contributed by atoms with van der Waals surface area (Å²) >= 11 is 0. The van der Waals surface area contributed by atoms with Gasteiger partial charge in [0.2, 0.25) is 0 Å². The Hall–Kier alpha value is -3.33. The second kappa shape index (κ2) is 7.96. The van der Waals surface area contributed by atoms with Crippen molar-refractivity contribution in [2.24, 2.45) is 14.1 Å². The maximum absolute atomic E-state index is 13.6. The van der Waals surface area contributed by atoms with Crippen LogP contribution in [-0.4, -0.2) is 45.6 Å². The topological polar surface area (TPSA) is 89.2 Å². The molecule has 1 unspecified atom stereocenters. The molecule has 8 nitrogen and oxygen atoms in total. The van der Waals surface area contributed by atoms with Crippen LogP contribution in [0.15, 0.2) is 46.1 Å². The first kappa shape index (κ1) is 20.4. The molecule has 0 saturated carbocycles. The van der Waals surface area contributed by atoms with Crippen LogP contribution in [0.3, 0.4) is 0 Å². The second-order valence-corrected chi connectivity index (χ2v) is 7.05. The fourth-order valence-corrected chi connectivity index (χ4v) is 3.19. The van der Waals surface area contributed by atoms with E-state index in [1.807, 2.05) is 19.0 Å². The van der Waals surface area contributed by atoms with Crippen molar-refractivity contribution < 1.29 is 9.18 Å². The normalized spacial score (nSPS) is 12.3. The lowest BCUT2D eigenvalue weighted by Gasteiger charge is -2.25. The molecule has 0 aliphatic carbocycles. The van der Waals surface area contributed by atoms with Crippen LogP contribution in [0.4, 0.5) is 4.39 Å². The molecule has 2 aromatic heterocycles. The third-order valence-electron chi connectivity index (χ3n) is 4.87. The summed E-state index contributed by atoms with van der Waals surface area (Å²) in [5.41, 5.74) is 0.133. The summed E-state index contributed by atoms with van der Waals surface area (Å²) in [5, 5.41) is 2.98. The Morgan fingerprint density at radius 2 is 1.93 bits per heavy atom. The van der Waals surface area contributed by atoms with Gasteiger partial charge in [-0.15, -0.1) is 0 Å². The van der Waals surface area contributed by atoms with E-state index < -0.39 is 17.2 Å². The van der Waals surface area contributed by atoms with E-state index in [0.29, 0.717) is 0 Å². The Kier molecular flexibility index (Phi) is 5.60. The predicted octanol–water partition coefficient (Wildman–Crippen LogP) is 0.804. The van der Waals surface area contributed by atoms with E-state index in [1.165, 1.54) is 43.1 Å². The third kappa shape index (κ3) is 3.95. The average molecular weight is 399 g/mol. The Morgan fingerprint density at radius 3 is 2.59 bits per heavy atom. The molecule has 3 aromatic rings. The van der Waals surface area contributed by atoms with E-state index in [0.717, 1.165) is 10.1 Å². The van der Waals surface area contributed by atoms with Crippen LogP contribution in [0.2, 0.25) is 0 Å². The van der Waals surface area contributed by atoms with Gasteiger partial charge >= 0.3 is 5.69 Å². The summed E-state index contributed by atoms with van der Waals surface area (Å²) in [7, 11) is 6.56. The molecule has 152 valence electrons. The molecule has 0 saturated heterocycles. The molecule has 0 aliphatic heterocycles. The molecular weight excluding hydrogens is 377 g/mol. The molecule has 0 bridgehead atoms. The van der Waals surface area contributed by atoms with Crippen molar-refractivity contribution in [3.8, 4) is 0 Å². The number of benzene rings is 1. The number of pyridine rings is 1. The fourth-order valence-electron chi connectivity index (χ4n) is 3.19. The lowest BCUT2D eigenvalue weighted by Crippen LogP contribution is -2.38. The van der Waals surface area contributed by atoms with Crippen LogP contribution in [0, 0.1) is 5.82 Å². The highest BCUT2D eigenvalue weighted by Crippen LogP contribution is 2.18. The quantitative estimate of drug-likeness (QED) is 0.686. The Labute approximate surface area is 166 Å². The molecule has 9 heteroatoms. The van der Waals surface area contributed by atoms with Gasteiger partial charge in [0.15, 0.2) is 0 Å². The number of nitrogens with zero attached hydrogens (tertiary/aromatic N) is 4. The van der Waals surface area contributed by atoms with Crippen molar-refractivity contribution in [1.29, 1.82) is 0 Å². The van der Waals surface area contributed by atoms with Crippen molar-refractivity contribution in [2.75, 3.05) is 20.6 Å². The summed E-state index contributed by atoms with van der Waals surface area (Å²) < 4.78 is 15.8. The minimum Gasteiger partial charge on any atom is -0.350 e. The molecule has 1 aromatic carbocycles. The van der Waals surface area contributed by atoms with Gasteiger partial charge in [0.1, 0.15) is 11.5 Å². The molecule has 0 aliphatic rings. The number of rotatable bonds is 5. The van der Waals surface area contributed by atoms with Gasteiger partial charge in [0.25, 0.3) is 11.5 Å². The molecule has 29 heavy (non-hydrogen) atoms. The monoisotopic (exact) mass is 399 g/mol. The lowest BCUT2D eigenvalue weighted by atomic mass is 10.1. The maximum atomic E-state index is 13.6.